The van der Waals surface area contributed by atoms with Crippen LogP contribution in [0.4, 0.5) is 24.9 Å². The molecule has 1 aromatic carbocycles. The summed E-state index contributed by atoms with van der Waals surface area (Å²) in [6.45, 7) is 0.267. The number of fused-ring (bicyclic) bond motifs is 1. The van der Waals surface area contributed by atoms with Gasteiger partial charge in [0.2, 0.25) is 5.95 Å². The summed E-state index contributed by atoms with van der Waals surface area (Å²) in [6, 6.07) is 8.48. The van der Waals surface area contributed by atoms with Crippen molar-refractivity contribution < 1.29 is 37.3 Å². The lowest BCUT2D eigenvalue weighted by molar-refractivity contribution is -0.173. The number of halogens is 3. The minimum Gasteiger partial charge on any atom is -0.459 e. The number of ether oxygens (including phenoxy) is 2. The summed E-state index contributed by atoms with van der Waals surface area (Å²) in [4.78, 5) is 35.9. The molecule has 0 aliphatic carbocycles. The molecular formula is C25H30F3N7O5. The van der Waals surface area contributed by atoms with Crippen LogP contribution in [0, 0.1) is 0 Å². The van der Waals surface area contributed by atoms with E-state index in [0.717, 1.165) is 0 Å². The minimum absolute atomic E-state index is 0.0529. The zero-order valence-electron chi connectivity index (χ0n) is 21.4. The second-order valence-electron chi connectivity index (χ2n) is 9.23. The molecule has 12 nitrogen and oxygen atoms in total. The van der Waals surface area contributed by atoms with Crippen LogP contribution >= 0.6 is 0 Å². The van der Waals surface area contributed by atoms with E-state index in [-0.39, 0.29) is 25.4 Å². The van der Waals surface area contributed by atoms with E-state index in [1.165, 1.54) is 6.33 Å². The highest BCUT2D eigenvalue weighted by Gasteiger charge is 2.39. The van der Waals surface area contributed by atoms with Crippen LogP contribution in [0.25, 0.3) is 11.2 Å². The molecule has 1 fully saturated rings. The maximum atomic E-state index is 12.3. The van der Waals surface area contributed by atoms with Crippen LogP contribution < -0.4 is 16.4 Å². The number of nitrogens with two attached hydrogens (primary N) is 1. The molecule has 0 spiro atoms. The topological polar surface area (TPSA) is 167 Å². The minimum atomic E-state index is -4.88. The molecule has 2 aromatic heterocycles. The zero-order chi connectivity index (χ0) is 28.7. The van der Waals surface area contributed by atoms with Gasteiger partial charge in [0.25, 0.3) is 0 Å². The number of carbonyl (C=O) groups excluding carboxylic acids is 2. The van der Waals surface area contributed by atoms with Crippen molar-refractivity contribution in [1.29, 1.82) is 0 Å². The van der Waals surface area contributed by atoms with Crippen LogP contribution in [-0.4, -0.2) is 74.6 Å². The number of unbranched alkanes of at least 4 members (excludes halogenated alkanes) is 3. The Labute approximate surface area is 227 Å². The molecule has 1 saturated heterocycles. The Morgan fingerprint density at radius 1 is 1.12 bits per heavy atom. The number of aliphatic hydroxyl groups is 1. The second kappa shape index (κ2) is 12.9. The number of amides is 1. The summed E-state index contributed by atoms with van der Waals surface area (Å²) in [5, 5.41) is 15.7. The number of imidazole rings is 1. The number of benzene rings is 1. The number of hydrogen-bond acceptors (Lipinski definition) is 10. The predicted molar refractivity (Wildman–Crippen MR) is 137 cm³/mol. The van der Waals surface area contributed by atoms with Crippen LogP contribution in [0.1, 0.15) is 48.7 Å². The van der Waals surface area contributed by atoms with Crippen LogP contribution in [0.2, 0.25) is 0 Å². The van der Waals surface area contributed by atoms with Crippen molar-refractivity contribution in [2.45, 2.75) is 56.7 Å². The SMILES string of the molecule is Nc1ncnc2c1nc(NCCCCCCNC(=O)C(F)(F)F)n2[C@H]1C[C@H](O)[C@@H](COC(=O)c2ccccc2)O1. The van der Waals surface area contributed by atoms with Crippen molar-refractivity contribution in [2.24, 2.45) is 0 Å². The fourth-order valence-corrected chi connectivity index (χ4v) is 4.27. The molecule has 0 bridgehead atoms. The Balaban J connectivity index is 1.32. The molecule has 1 aliphatic heterocycles. The molecule has 5 N–H and O–H groups in total. The van der Waals surface area contributed by atoms with E-state index < -0.39 is 36.5 Å². The van der Waals surface area contributed by atoms with Crippen molar-refractivity contribution in [3.8, 4) is 0 Å². The highest BCUT2D eigenvalue weighted by Crippen LogP contribution is 2.35. The molecule has 1 amide bonds. The summed E-state index contributed by atoms with van der Waals surface area (Å²) < 4.78 is 49.7. The highest BCUT2D eigenvalue weighted by molar-refractivity contribution is 5.89. The first-order valence-corrected chi connectivity index (χ1v) is 12.8. The van der Waals surface area contributed by atoms with Gasteiger partial charge in [0, 0.05) is 19.5 Å². The molecule has 216 valence electrons. The van der Waals surface area contributed by atoms with Crippen LogP contribution in [0.3, 0.4) is 0 Å². The van der Waals surface area contributed by atoms with Gasteiger partial charge < -0.3 is 30.9 Å². The highest BCUT2D eigenvalue weighted by atomic mass is 19.4. The monoisotopic (exact) mass is 565 g/mol. The number of aliphatic hydroxyl groups excluding tert-OH is 1. The second-order valence-corrected chi connectivity index (χ2v) is 9.23. The van der Waals surface area contributed by atoms with Gasteiger partial charge in [-0.05, 0) is 25.0 Å². The standard InChI is InChI=1S/C25H30F3N7O5/c26-25(27,28)23(38)30-10-6-1-2-7-11-31-24-34-19-20(29)32-14-33-21(19)35(24)18-12-16(36)17(40-18)13-39-22(37)15-8-4-3-5-9-15/h3-5,8-9,14,16-18,36H,1-2,6-7,10-13H2,(H,30,38)(H,31,34)(H2,29,32,33)/t16-,17+,18+/m0/s1. The smallest absolute Gasteiger partial charge is 0.459 e. The third-order valence-electron chi connectivity index (χ3n) is 6.32. The van der Waals surface area contributed by atoms with E-state index in [0.29, 0.717) is 54.9 Å². The first kappa shape index (κ1) is 29.0. The average molecular weight is 566 g/mol. The number of nitrogens with zero attached hydrogens (tertiary/aromatic N) is 4. The Hall–Kier alpha value is -3.98. The Morgan fingerprint density at radius 3 is 2.58 bits per heavy atom. The van der Waals surface area contributed by atoms with Crippen LogP contribution in [-0.2, 0) is 14.3 Å². The van der Waals surface area contributed by atoms with Gasteiger partial charge in [-0.3, -0.25) is 9.36 Å². The molecule has 1 aliphatic rings. The lowest BCUT2D eigenvalue weighted by Crippen LogP contribution is -2.37. The van der Waals surface area contributed by atoms with E-state index in [9.17, 15) is 27.9 Å². The van der Waals surface area contributed by atoms with Gasteiger partial charge >= 0.3 is 18.1 Å². The normalized spacial score (nSPS) is 19.1. The van der Waals surface area contributed by atoms with E-state index in [1.807, 2.05) is 5.32 Å². The number of carbonyl (C=O) groups is 2. The lowest BCUT2D eigenvalue weighted by Gasteiger charge is -2.18. The quantitative estimate of drug-likeness (QED) is 0.189. The first-order chi connectivity index (χ1) is 19.1. The molecule has 3 heterocycles. The van der Waals surface area contributed by atoms with E-state index in [2.05, 4.69) is 20.3 Å². The van der Waals surface area contributed by atoms with E-state index in [1.54, 1.807) is 34.9 Å². The van der Waals surface area contributed by atoms with Crippen molar-refractivity contribution >= 4 is 34.8 Å². The van der Waals surface area contributed by atoms with Crippen molar-refractivity contribution in [1.82, 2.24) is 24.8 Å². The van der Waals surface area contributed by atoms with E-state index >= 15 is 0 Å². The van der Waals surface area contributed by atoms with Gasteiger partial charge in [-0.15, -0.1) is 0 Å². The summed E-state index contributed by atoms with van der Waals surface area (Å²) in [5.74, 6) is -1.91. The average Bonchev–Trinajstić information content (AvgIpc) is 3.48. The van der Waals surface area contributed by atoms with Gasteiger partial charge in [0.1, 0.15) is 25.3 Å². The molecule has 0 unspecified atom stereocenters. The fraction of sp³-hybridized carbons (Fsp3) is 0.480. The third-order valence-corrected chi connectivity index (χ3v) is 6.32. The molecule has 3 aromatic rings. The first-order valence-electron chi connectivity index (χ1n) is 12.8. The molecule has 4 rings (SSSR count). The van der Waals surface area contributed by atoms with E-state index in [4.69, 9.17) is 15.2 Å². The Morgan fingerprint density at radius 2 is 1.85 bits per heavy atom. The van der Waals surface area contributed by atoms with Crippen LogP contribution in [0.5, 0.6) is 0 Å². The maximum Gasteiger partial charge on any atom is 0.471 e. The summed E-state index contributed by atoms with van der Waals surface area (Å²) in [5.41, 5.74) is 7.13. The number of esters is 1. The summed E-state index contributed by atoms with van der Waals surface area (Å²) in [6.07, 6.45) is -3.39. The molecular weight excluding hydrogens is 535 g/mol. The number of anilines is 2. The fourth-order valence-electron chi connectivity index (χ4n) is 4.27. The number of alkyl halides is 3. The third kappa shape index (κ3) is 7.15. The lowest BCUT2D eigenvalue weighted by atomic mass is 10.2. The number of nitrogens with one attached hydrogen (secondary N) is 2. The Kier molecular flexibility index (Phi) is 9.37. The summed E-state index contributed by atoms with van der Waals surface area (Å²) in [7, 11) is 0. The van der Waals surface area contributed by atoms with Gasteiger partial charge in [-0.1, -0.05) is 31.0 Å². The van der Waals surface area contributed by atoms with Gasteiger partial charge in [-0.2, -0.15) is 13.2 Å². The van der Waals surface area contributed by atoms with Gasteiger partial charge in [0.15, 0.2) is 17.0 Å². The van der Waals surface area contributed by atoms with Crippen molar-refractivity contribution in [3.63, 3.8) is 0 Å². The summed E-state index contributed by atoms with van der Waals surface area (Å²) >= 11 is 0. The number of hydrogen-bond donors (Lipinski definition) is 4. The number of rotatable bonds is 12. The van der Waals surface area contributed by atoms with Gasteiger partial charge in [-0.25, -0.2) is 19.7 Å². The largest absolute Gasteiger partial charge is 0.471 e. The van der Waals surface area contributed by atoms with Gasteiger partial charge in [0.05, 0.1) is 11.7 Å². The number of nitrogen functional groups attached to an aromatic ring is 1. The Bertz CT molecular complexity index is 1310. The molecule has 15 heteroatoms. The number of aromatic nitrogens is 4. The molecule has 0 saturated carbocycles. The zero-order valence-corrected chi connectivity index (χ0v) is 21.4. The van der Waals surface area contributed by atoms with Crippen molar-refractivity contribution in [2.75, 3.05) is 30.7 Å². The molecule has 3 atom stereocenters. The molecule has 40 heavy (non-hydrogen) atoms. The van der Waals surface area contributed by atoms with Crippen molar-refractivity contribution in [3.05, 3.63) is 42.2 Å². The molecule has 0 radical (unpaired) electrons. The predicted octanol–water partition coefficient (Wildman–Crippen LogP) is 2.56. The maximum absolute atomic E-state index is 12.3. The van der Waals surface area contributed by atoms with Crippen LogP contribution in [0.15, 0.2) is 36.7 Å².